The third kappa shape index (κ3) is 1.94. The summed E-state index contributed by atoms with van der Waals surface area (Å²) in [7, 11) is 1.58. The van der Waals surface area contributed by atoms with Crippen molar-refractivity contribution in [1.29, 1.82) is 0 Å². The first-order valence-corrected chi connectivity index (χ1v) is 4.65. The Balaban J connectivity index is 2.16. The van der Waals surface area contributed by atoms with Gasteiger partial charge in [0, 0.05) is 0 Å². The number of aromatic hydroxyl groups is 1. The molecule has 0 heterocycles. The molecule has 0 unspecified atom stereocenters. The van der Waals surface area contributed by atoms with Gasteiger partial charge in [0.05, 0.1) is 7.11 Å². The molecule has 2 nitrogen and oxygen atoms in total. The summed E-state index contributed by atoms with van der Waals surface area (Å²) in [5, 5.41) is 9.36. The Morgan fingerprint density at radius 2 is 2.23 bits per heavy atom. The van der Waals surface area contributed by atoms with Crippen LogP contribution >= 0.6 is 0 Å². The second kappa shape index (κ2) is 3.29. The molecule has 0 bridgehead atoms. The first kappa shape index (κ1) is 8.42. The molecule has 2 heteroatoms. The topological polar surface area (TPSA) is 29.5 Å². The van der Waals surface area contributed by atoms with Crippen LogP contribution in [0.25, 0.3) is 0 Å². The molecule has 1 saturated carbocycles. The zero-order chi connectivity index (χ0) is 9.26. The van der Waals surface area contributed by atoms with Gasteiger partial charge in [0.25, 0.3) is 0 Å². The van der Waals surface area contributed by atoms with E-state index in [9.17, 15) is 5.11 Å². The SMILES string of the molecule is COc1cc(CC2CC2)ccc1O. The molecule has 1 aromatic carbocycles. The van der Waals surface area contributed by atoms with E-state index in [1.54, 1.807) is 13.2 Å². The lowest BCUT2D eigenvalue weighted by molar-refractivity contribution is 0.373. The molecular weight excluding hydrogens is 164 g/mol. The molecule has 1 aliphatic carbocycles. The molecule has 70 valence electrons. The highest BCUT2D eigenvalue weighted by Crippen LogP contribution is 2.34. The molecule has 0 aromatic heterocycles. The largest absolute Gasteiger partial charge is 0.504 e. The maximum atomic E-state index is 9.36. The monoisotopic (exact) mass is 178 g/mol. The van der Waals surface area contributed by atoms with Crippen LogP contribution in [0.3, 0.4) is 0 Å². The Morgan fingerprint density at radius 1 is 1.46 bits per heavy atom. The number of hydrogen-bond acceptors (Lipinski definition) is 2. The Kier molecular flexibility index (Phi) is 2.13. The predicted molar refractivity (Wildman–Crippen MR) is 51.1 cm³/mol. The number of methoxy groups -OCH3 is 1. The lowest BCUT2D eigenvalue weighted by Gasteiger charge is -2.05. The van der Waals surface area contributed by atoms with Gasteiger partial charge in [-0.2, -0.15) is 0 Å². The minimum atomic E-state index is 0.224. The normalized spacial score (nSPS) is 15.8. The maximum absolute atomic E-state index is 9.36. The lowest BCUT2D eigenvalue weighted by Crippen LogP contribution is -1.89. The molecule has 0 spiro atoms. The van der Waals surface area contributed by atoms with Crippen LogP contribution < -0.4 is 4.74 Å². The Labute approximate surface area is 78.2 Å². The van der Waals surface area contributed by atoms with Crippen molar-refractivity contribution in [2.75, 3.05) is 7.11 Å². The van der Waals surface area contributed by atoms with Gasteiger partial charge in [0.2, 0.25) is 0 Å². The van der Waals surface area contributed by atoms with E-state index in [-0.39, 0.29) is 5.75 Å². The minimum absolute atomic E-state index is 0.224. The van der Waals surface area contributed by atoms with Crippen LogP contribution in [0.15, 0.2) is 18.2 Å². The van der Waals surface area contributed by atoms with Crippen molar-refractivity contribution >= 4 is 0 Å². The van der Waals surface area contributed by atoms with Crippen molar-refractivity contribution in [2.45, 2.75) is 19.3 Å². The van der Waals surface area contributed by atoms with E-state index >= 15 is 0 Å². The van der Waals surface area contributed by atoms with Crippen molar-refractivity contribution in [3.05, 3.63) is 23.8 Å². The summed E-state index contributed by atoms with van der Waals surface area (Å²) in [6, 6.07) is 5.60. The summed E-state index contributed by atoms with van der Waals surface area (Å²) < 4.78 is 5.04. The smallest absolute Gasteiger partial charge is 0.160 e. The maximum Gasteiger partial charge on any atom is 0.160 e. The first-order valence-electron chi connectivity index (χ1n) is 4.65. The van der Waals surface area contributed by atoms with Crippen molar-refractivity contribution in [3.63, 3.8) is 0 Å². The molecule has 1 N–H and O–H groups in total. The molecule has 0 atom stereocenters. The van der Waals surface area contributed by atoms with Crippen LogP contribution in [0.5, 0.6) is 11.5 Å². The van der Waals surface area contributed by atoms with E-state index in [4.69, 9.17) is 4.74 Å². The van der Waals surface area contributed by atoms with Gasteiger partial charge in [0.15, 0.2) is 11.5 Å². The van der Waals surface area contributed by atoms with Gasteiger partial charge in [0.1, 0.15) is 0 Å². The zero-order valence-corrected chi connectivity index (χ0v) is 7.79. The highest BCUT2D eigenvalue weighted by Gasteiger charge is 2.21. The Bertz CT molecular complexity index is 303. The van der Waals surface area contributed by atoms with Crippen molar-refractivity contribution in [2.24, 2.45) is 5.92 Å². The summed E-state index contributed by atoms with van der Waals surface area (Å²) in [4.78, 5) is 0. The highest BCUT2D eigenvalue weighted by atomic mass is 16.5. The van der Waals surface area contributed by atoms with Gasteiger partial charge in [-0.3, -0.25) is 0 Å². The fourth-order valence-corrected chi connectivity index (χ4v) is 1.50. The van der Waals surface area contributed by atoms with Crippen LogP contribution in [0.4, 0.5) is 0 Å². The van der Waals surface area contributed by atoms with E-state index in [0.717, 1.165) is 12.3 Å². The molecule has 0 radical (unpaired) electrons. The minimum Gasteiger partial charge on any atom is -0.504 e. The quantitative estimate of drug-likeness (QED) is 0.769. The summed E-state index contributed by atoms with van der Waals surface area (Å²) in [6.07, 6.45) is 3.82. The zero-order valence-electron chi connectivity index (χ0n) is 7.79. The Morgan fingerprint density at radius 3 is 2.85 bits per heavy atom. The lowest BCUT2D eigenvalue weighted by atomic mass is 10.1. The molecule has 1 aliphatic rings. The highest BCUT2D eigenvalue weighted by molar-refractivity contribution is 5.41. The fourth-order valence-electron chi connectivity index (χ4n) is 1.50. The van der Waals surface area contributed by atoms with E-state index in [2.05, 4.69) is 0 Å². The van der Waals surface area contributed by atoms with Crippen LogP contribution in [0, 0.1) is 5.92 Å². The standard InChI is InChI=1S/C11H14O2/c1-13-11-7-9(4-5-10(11)12)6-8-2-3-8/h4-5,7-8,12H,2-3,6H2,1H3. The summed E-state index contributed by atoms with van der Waals surface area (Å²) >= 11 is 0. The van der Waals surface area contributed by atoms with Crippen LogP contribution in [0.2, 0.25) is 0 Å². The fraction of sp³-hybridized carbons (Fsp3) is 0.455. The number of phenols is 1. The van der Waals surface area contributed by atoms with Gasteiger partial charge in [-0.1, -0.05) is 6.07 Å². The van der Waals surface area contributed by atoms with Gasteiger partial charge in [-0.05, 0) is 42.9 Å². The number of benzene rings is 1. The molecule has 0 saturated heterocycles. The average molecular weight is 178 g/mol. The third-order valence-electron chi connectivity index (χ3n) is 2.47. The van der Waals surface area contributed by atoms with Gasteiger partial charge >= 0.3 is 0 Å². The average Bonchev–Trinajstić information content (AvgIpc) is 2.92. The molecule has 1 aromatic rings. The first-order chi connectivity index (χ1) is 6.29. The molecule has 13 heavy (non-hydrogen) atoms. The number of rotatable bonds is 3. The van der Waals surface area contributed by atoms with Crippen LogP contribution in [-0.2, 0) is 6.42 Å². The Hall–Kier alpha value is -1.18. The number of phenolic OH excluding ortho intramolecular Hbond substituents is 1. The van der Waals surface area contributed by atoms with Crippen LogP contribution in [-0.4, -0.2) is 12.2 Å². The summed E-state index contributed by atoms with van der Waals surface area (Å²) in [5.41, 5.74) is 1.26. The van der Waals surface area contributed by atoms with Gasteiger partial charge in [-0.15, -0.1) is 0 Å². The summed E-state index contributed by atoms with van der Waals surface area (Å²) in [6.45, 7) is 0. The number of ether oxygens (including phenoxy) is 1. The molecule has 0 amide bonds. The van der Waals surface area contributed by atoms with Crippen LogP contribution in [0.1, 0.15) is 18.4 Å². The second-order valence-electron chi connectivity index (χ2n) is 3.65. The van der Waals surface area contributed by atoms with Crippen molar-refractivity contribution in [1.82, 2.24) is 0 Å². The molecule has 0 aliphatic heterocycles. The van der Waals surface area contributed by atoms with Gasteiger partial charge < -0.3 is 9.84 Å². The number of hydrogen-bond donors (Lipinski definition) is 1. The molecule has 1 fully saturated rings. The van der Waals surface area contributed by atoms with E-state index < -0.39 is 0 Å². The third-order valence-corrected chi connectivity index (χ3v) is 2.47. The van der Waals surface area contributed by atoms with E-state index in [1.165, 1.54) is 18.4 Å². The summed E-state index contributed by atoms with van der Waals surface area (Å²) in [5.74, 6) is 1.68. The van der Waals surface area contributed by atoms with Crippen molar-refractivity contribution < 1.29 is 9.84 Å². The second-order valence-corrected chi connectivity index (χ2v) is 3.65. The predicted octanol–water partition coefficient (Wildman–Crippen LogP) is 2.35. The molecular formula is C11H14O2. The van der Waals surface area contributed by atoms with Gasteiger partial charge in [-0.25, -0.2) is 0 Å². The molecule has 2 rings (SSSR count). The van der Waals surface area contributed by atoms with E-state index in [1.807, 2.05) is 12.1 Å². The van der Waals surface area contributed by atoms with E-state index in [0.29, 0.717) is 5.75 Å². The van der Waals surface area contributed by atoms with Crippen molar-refractivity contribution in [3.8, 4) is 11.5 Å².